The zero-order valence-corrected chi connectivity index (χ0v) is 11.4. The maximum atomic E-state index is 13.0. The van der Waals surface area contributed by atoms with E-state index in [0.29, 0.717) is 21.3 Å². The van der Waals surface area contributed by atoms with Gasteiger partial charge in [0.25, 0.3) is 5.56 Å². The molecule has 1 aromatic carbocycles. The summed E-state index contributed by atoms with van der Waals surface area (Å²) in [6.07, 6.45) is 0. The number of fused-ring (bicyclic) bond motifs is 1. The largest absolute Gasteiger partial charge is 0.330 e. The van der Waals surface area contributed by atoms with Crippen molar-refractivity contribution in [2.24, 2.45) is 0 Å². The van der Waals surface area contributed by atoms with Gasteiger partial charge in [0.1, 0.15) is 17.2 Å². The van der Waals surface area contributed by atoms with Gasteiger partial charge in [0.2, 0.25) is 0 Å². The van der Waals surface area contributed by atoms with E-state index in [1.165, 1.54) is 23.5 Å². The van der Waals surface area contributed by atoms with Crippen LogP contribution in [-0.2, 0) is 6.54 Å². The van der Waals surface area contributed by atoms with E-state index >= 15 is 0 Å². The van der Waals surface area contributed by atoms with Gasteiger partial charge in [0.15, 0.2) is 0 Å². The van der Waals surface area contributed by atoms with Crippen molar-refractivity contribution in [3.63, 3.8) is 0 Å². The molecule has 0 atom stereocenters. The van der Waals surface area contributed by atoms with Crippen molar-refractivity contribution < 1.29 is 4.39 Å². The lowest BCUT2D eigenvalue weighted by Crippen LogP contribution is -2.34. The molecule has 21 heavy (non-hydrogen) atoms. The van der Waals surface area contributed by atoms with E-state index in [4.69, 9.17) is 5.26 Å². The molecule has 0 radical (unpaired) electrons. The van der Waals surface area contributed by atoms with Crippen molar-refractivity contribution in [1.29, 1.82) is 5.26 Å². The van der Waals surface area contributed by atoms with Crippen molar-refractivity contribution in [1.82, 2.24) is 9.55 Å². The molecule has 0 saturated heterocycles. The number of nitrogens with zero attached hydrogens (tertiary/aromatic N) is 2. The van der Waals surface area contributed by atoms with Gasteiger partial charge in [-0.15, -0.1) is 11.3 Å². The first-order chi connectivity index (χ1) is 10.1. The number of rotatable bonds is 2. The van der Waals surface area contributed by atoms with Crippen molar-refractivity contribution in [2.45, 2.75) is 6.54 Å². The molecule has 0 bridgehead atoms. The number of thiophene rings is 1. The summed E-state index contributed by atoms with van der Waals surface area (Å²) >= 11 is 1.22. The summed E-state index contributed by atoms with van der Waals surface area (Å²) in [5.41, 5.74) is 0.163. The molecule has 5 nitrogen and oxygen atoms in total. The van der Waals surface area contributed by atoms with Crippen molar-refractivity contribution >= 4 is 21.6 Å². The molecule has 0 amide bonds. The summed E-state index contributed by atoms with van der Waals surface area (Å²) in [7, 11) is 0. The Bertz CT molecular complexity index is 977. The van der Waals surface area contributed by atoms with E-state index in [2.05, 4.69) is 4.98 Å². The van der Waals surface area contributed by atoms with Crippen LogP contribution in [0.3, 0.4) is 0 Å². The van der Waals surface area contributed by atoms with Crippen LogP contribution in [0.2, 0.25) is 0 Å². The highest BCUT2D eigenvalue weighted by molar-refractivity contribution is 7.17. The Morgan fingerprint density at radius 1 is 1.29 bits per heavy atom. The predicted molar refractivity (Wildman–Crippen MR) is 77.7 cm³/mol. The Morgan fingerprint density at radius 2 is 2.00 bits per heavy atom. The van der Waals surface area contributed by atoms with Crippen LogP contribution in [0.5, 0.6) is 0 Å². The first-order valence-corrected chi connectivity index (χ1v) is 6.87. The van der Waals surface area contributed by atoms with Crippen LogP contribution in [0.4, 0.5) is 4.39 Å². The molecular formula is C14H8FN3O2S. The van der Waals surface area contributed by atoms with E-state index in [-0.39, 0.29) is 12.4 Å². The highest BCUT2D eigenvalue weighted by Gasteiger charge is 2.14. The zero-order valence-electron chi connectivity index (χ0n) is 10.6. The van der Waals surface area contributed by atoms with Crippen LogP contribution in [0.25, 0.3) is 21.3 Å². The lowest BCUT2D eigenvalue weighted by molar-refractivity contribution is 0.628. The second-order valence-electron chi connectivity index (χ2n) is 4.34. The molecular weight excluding hydrogens is 293 g/mol. The zero-order chi connectivity index (χ0) is 15.0. The van der Waals surface area contributed by atoms with Gasteiger partial charge >= 0.3 is 5.69 Å². The van der Waals surface area contributed by atoms with Crippen LogP contribution in [-0.4, -0.2) is 9.55 Å². The number of aromatic amines is 1. The van der Waals surface area contributed by atoms with Crippen molar-refractivity contribution in [3.05, 3.63) is 56.3 Å². The van der Waals surface area contributed by atoms with E-state index in [0.717, 1.165) is 4.57 Å². The normalized spacial score (nSPS) is 10.7. The van der Waals surface area contributed by atoms with E-state index < -0.39 is 11.2 Å². The van der Waals surface area contributed by atoms with Gasteiger partial charge in [-0.3, -0.25) is 9.78 Å². The molecule has 0 aliphatic carbocycles. The lowest BCUT2D eigenvalue weighted by Gasteiger charge is -2.02. The van der Waals surface area contributed by atoms with Gasteiger partial charge in [0, 0.05) is 10.9 Å². The first kappa shape index (κ1) is 13.3. The smallest absolute Gasteiger partial charge is 0.298 e. The van der Waals surface area contributed by atoms with Crippen LogP contribution in [0.1, 0.15) is 0 Å². The standard InChI is InChI=1S/C14H8FN3O2S/c15-9-3-1-8(2-4-9)10-7-21-12-11(10)13(19)18(6-5-16)14(20)17-12/h1-4,7H,6H2,(H,17,20). The number of nitrogens with one attached hydrogen (secondary N) is 1. The monoisotopic (exact) mass is 301 g/mol. The molecule has 0 saturated carbocycles. The fourth-order valence-corrected chi connectivity index (χ4v) is 3.06. The van der Waals surface area contributed by atoms with E-state index in [1.54, 1.807) is 23.6 Å². The molecule has 0 spiro atoms. The number of benzene rings is 1. The third-order valence-electron chi connectivity index (χ3n) is 3.10. The van der Waals surface area contributed by atoms with E-state index in [1.807, 2.05) is 0 Å². The topological polar surface area (TPSA) is 78.7 Å². The first-order valence-electron chi connectivity index (χ1n) is 5.99. The maximum absolute atomic E-state index is 13.0. The SMILES string of the molecule is N#CCn1c(=O)[nH]c2scc(-c3ccc(F)cc3)c2c1=O. The molecule has 2 heterocycles. The fraction of sp³-hybridized carbons (Fsp3) is 0.0714. The van der Waals surface area contributed by atoms with Crippen LogP contribution in [0.15, 0.2) is 39.2 Å². The quantitative estimate of drug-likeness (QED) is 0.787. The molecule has 1 N–H and O–H groups in total. The van der Waals surface area contributed by atoms with Gasteiger partial charge in [-0.2, -0.15) is 5.26 Å². The highest BCUT2D eigenvalue weighted by Crippen LogP contribution is 2.30. The minimum atomic E-state index is -0.610. The molecule has 0 aliphatic heterocycles. The average Bonchev–Trinajstić information content (AvgIpc) is 2.88. The van der Waals surface area contributed by atoms with Gasteiger partial charge in [-0.05, 0) is 17.7 Å². The van der Waals surface area contributed by atoms with Crippen molar-refractivity contribution in [3.8, 4) is 17.2 Å². The molecule has 7 heteroatoms. The minimum absolute atomic E-state index is 0.317. The number of hydrogen-bond acceptors (Lipinski definition) is 4. The predicted octanol–water partition coefficient (Wildman–Crippen LogP) is 2.08. The third-order valence-corrected chi connectivity index (χ3v) is 4.00. The maximum Gasteiger partial charge on any atom is 0.330 e. The highest BCUT2D eigenvalue weighted by atomic mass is 32.1. The Balaban J connectivity index is 2.34. The average molecular weight is 301 g/mol. The van der Waals surface area contributed by atoms with Gasteiger partial charge in [-0.25, -0.2) is 13.8 Å². The summed E-state index contributed by atoms with van der Waals surface area (Å²) in [5.74, 6) is -0.367. The molecule has 0 fully saturated rings. The molecule has 104 valence electrons. The number of H-pyrrole nitrogens is 1. The summed E-state index contributed by atoms with van der Waals surface area (Å²) in [5, 5.41) is 10.8. The lowest BCUT2D eigenvalue weighted by atomic mass is 10.1. The van der Waals surface area contributed by atoms with Crippen LogP contribution in [0, 0.1) is 17.1 Å². The Labute approximate surface area is 121 Å². The van der Waals surface area contributed by atoms with Crippen molar-refractivity contribution in [2.75, 3.05) is 0 Å². The number of nitriles is 1. The molecule has 3 rings (SSSR count). The van der Waals surface area contributed by atoms with Crippen LogP contribution >= 0.6 is 11.3 Å². The number of hydrogen-bond donors (Lipinski definition) is 1. The Hall–Kier alpha value is -2.72. The second-order valence-corrected chi connectivity index (χ2v) is 5.22. The molecule has 0 aliphatic rings. The van der Waals surface area contributed by atoms with E-state index in [9.17, 15) is 14.0 Å². The summed E-state index contributed by atoms with van der Waals surface area (Å²) in [6, 6.07) is 7.52. The molecule has 0 unspecified atom stereocenters. The number of halogens is 1. The van der Waals surface area contributed by atoms with Gasteiger partial charge in [-0.1, -0.05) is 12.1 Å². The Kier molecular flexibility index (Phi) is 3.16. The molecule has 2 aromatic heterocycles. The third kappa shape index (κ3) is 2.15. The summed E-state index contributed by atoms with van der Waals surface area (Å²) in [4.78, 5) is 27.2. The fourth-order valence-electron chi connectivity index (χ4n) is 2.11. The van der Waals surface area contributed by atoms with Gasteiger partial charge < -0.3 is 0 Å². The summed E-state index contributed by atoms with van der Waals surface area (Å²) < 4.78 is 13.8. The van der Waals surface area contributed by atoms with Crippen LogP contribution < -0.4 is 11.2 Å². The summed E-state index contributed by atoms with van der Waals surface area (Å²) in [6.45, 7) is -0.317. The number of aromatic nitrogens is 2. The Morgan fingerprint density at radius 3 is 2.67 bits per heavy atom. The van der Waals surface area contributed by atoms with Gasteiger partial charge in [0.05, 0.1) is 11.5 Å². The minimum Gasteiger partial charge on any atom is -0.298 e. The molecule has 3 aromatic rings. The second kappa shape index (κ2) is 5.00.